The fraction of sp³-hybridized carbons (Fsp3) is 0.583. The van der Waals surface area contributed by atoms with E-state index in [4.69, 9.17) is 22.1 Å². The molecule has 0 aromatic carbocycles. The summed E-state index contributed by atoms with van der Waals surface area (Å²) in [5.74, 6) is 0.683. The Kier molecular flexibility index (Phi) is 6.74. The van der Waals surface area contributed by atoms with Gasteiger partial charge in [0.2, 0.25) is 0 Å². The number of halogens is 1. The molecule has 0 radical (unpaired) electrons. The zero-order chi connectivity index (χ0) is 12.5. The summed E-state index contributed by atoms with van der Waals surface area (Å²) in [6.45, 7) is 4.56. The molecule has 0 spiro atoms. The van der Waals surface area contributed by atoms with Crippen molar-refractivity contribution in [1.82, 2.24) is 4.98 Å². The van der Waals surface area contributed by atoms with Crippen LogP contribution in [0.4, 0.5) is 11.5 Å². The Morgan fingerprint density at radius 3 is 2.88 bits per heavy atom. The molecule has 1 heterocycles. The summed E-state index contributed by atoms with van der Waals surface area (Å²) in [4.78, 5) is 4.12. The van der Waals surface area contributed by atoms with Crippen molar-refractivity contribution < 1.29 is 4.74 Å². The second-order valence-electron chi connectivity index (χ2n) is 3.84. The van der Waals surface area contributed by atoms with Gasteiger partial charge in [0, 0.05) is 26.0 Å². The van der Waals surface area contributed by atoms with E-state index < -0.39 is 0 Å². The first kappa shape index (κ1) is 14.1. The van der Waals surface area contributed by atoms with Crippen molar-refractivity contribution in [3.63, 3.8) is 0 Å². The fourth-order valence-electron chi connectivity index (χ4n) is 1.33. The molecule has 1 aromatic heterocycles. The van der Waals surface area contributed by atoms with Gasteiger partial charge in [-0.2, -0.15) is 0 Å². The van der Waals surface area contributed by atoms with E-state index in [1.165, 1.54) is 6.42 Å². The highest BCUT2D eigenvalue weighted by Crippen LogP contribution is 2.18. The van der Waals surface area contributed by atoms with Crippen LogP contribution in [0.3, 0.4) is 0 Å². The number of ether oxygens (including phenoxy) is 1. The van der Waals surface area contributed by atoms with Crippen molar-refractivity contribution in [3.05, 3.63) is 17.3 Å². The Morgan fingerprint density at radius 1 is 1.41 bits per heavy atom. The summed E-state index contributed by atoms with van der Waals surface area (Å²) in [5, 5.41) is 3.71. The summed E-state index contributed by atoms with van der Waals surface area (Å²) in [7, 11) is 0. The second kappa shape index (κ2) is 8.14. The first-order valence-corrected chi connectivity index (χ1v) is 6.34. The third kappa shape index (κ3) is 5.75. The number of pyridine rings is 1. The summed E-state index contributed by atoms with van der Waals surface area (Å²) in [5.41, 5.74) is 6.33. The SMILES string of the molecule is CCCCOCCCNc1ncc(Cl)cc1N. The lowest BCUT2D eigenvalue weighted by Crippen LogP contribution is -2.09. The number of anilines is 2. The molecule has 0 saturated heterocycles. The van der Waals surface area contributed by atoms with Gasteiger partial charge in [-0.05, 0) is 18.9 Å². The van der Waals surface area contributed by atoms with E-state index in [0.29, 0.717) is 16.5 Å². The highest BCUT2D eigenvalue weighted by atomic mass is 35.5. The third-order valence-corrected chi connectivity index (χ3v) is 2.49. The molecule has 5 heteroatoms. The smallest absolute Gasteiger partial charge is 0.149 e. The normalized spacial score (nSPS) is 10.5. The van der Waals surface area contributed by atoms with Crippen LogP contribution in [0.5, 0.6) is 0 Å². The largest absolute Gasteiger partial charge is 0.396 e. The van der Waals surface area contributed by atoms with Crippen LogP contribution in [0.15, 0.2) is 12.3 Å². The van der Waals surface area contributed by atoms with Crippen LogP contribution < -0.4 is 11.1 Å². The van der Waals surface area contributed by atoms with Gasteiger partial charge < -0.3 is 15.8 Å². The molecular weight excluding hydrogens is 238 g/mol. The summed E-state index contributed by atoms with van der Waals surface area (Å²) >= 11 is 5.76. The van der Waals surface area contributed by atoms with Gasteiger partial charge in [-0.25, -0.2) is 4.98 Å². The second-order valence-corrected chi connectivity index (χ2v) is 4.27. The molecule has 1 rings (SSSR count). The van der Waals surface area contributed by atoms with Crippen molar-refractivity contribution >= 4 is 23.1 Å². The number of nitrogens with one attached hydrogen (secondary N) is 1. The van der Waals surface area contributed by atoms with Gasteiger partial charge >= 0.3 is 0 Å². The van der Waals surface area contributed by atoms with Crippen LogP contribution in [0.2, 0.25) is 5.02 Å². The Bertz CT molecular complexity index is 334. The lowest BCUT2D eigenvalue weighted by Gasteiger charge is -2.08. The third-order valence-electron chi connectivity index (χ3n) is 2.28. The summed E-state index contributed by atoms with van der Waals surface area (Å²) < 4.78 is 5.45. The van der Waals surface area contributed by atoms with E-state index in [1.807, 2.05) is 0 Å². The maximum Gasteiger partial charge on any atom is 0.149 e. The molecule has 0 aliphatic heterocycles. The zero-order valence-electron chi connectivity index (χ0n) is 10.2. The Morgan fingerprint density at radius 2 is 2.18 bits per heavy atom. The minimum absolute atomic E-state index is 0.552. The average Bonchev–Trinajstić information content (AvgIpc) is 2.30. The number of hydrogen-bond acceptors (Lipinski definition) is 4. The van der Waals surface area contributed by atoms with Gasteiger partial charge in [0.1, 0.15) is 5.82 Å². The van der Waals surface area contributed by atoms with Crippen molar-refractivity contribution in [2.45, 2.75) is 26.2 Å². The minimum atomic E-state index is 0.552. The number of nitrogens with two attached hydrogens (primary N) is 1. The highest BCUT2D eigenvalue weighted by molar-refractivity contribution is 6.30. The van der Waals surface area contributed by atoms with Gasteiger partial charge in [0.25, 0.3) is 0 Å². The topological polar surface area (TPSA) is 60.2 Å². The summed E-state index contributed by atoms with van der Waals surface area (Å²) in [6, 6.07) is 1.69. The predicted octanol–water partition coefficient (Wildman–Crippen LogP) is 2.94. The number of nitrogen functional groups attached to an aromatic ring is 1. The van der Waals surface area contributed by atoms with Gasteiger partial charge in [-0.15, -0.1) is 0 Å². The molecule has 0 saturated carbocycles. The quantitative estimate of drug-likeness (QED) is 0.703. The van der Waals surface area contributed by atoms with Gasteiger partial charge in [0.15, 0.2) is 0 Å². The number of aromatic nitrogens is 1. The van der Waals surface area contributed by atoms with Crippen LogP contribution in [0.25, 0.3) is 0 Å². The first-order chi connectivity index (χ1) is 8.24. The van der Waals surface area contributed by atoms with E-state index in [0.717, 1.165) is 32.6 Å². The summed E-state index contributed by atoms with van der Waals surface area (Å²) in [6.07, 6.45) is 4.81. The van der Waals surface area contributed by atoms with Crippen LogP contribution in [-0.2, 0) is 4.74 Å². The van der Waals surface area contributed by atoms with Crippen LogP contribution >= 0.6 is 11.6 Å². The molecule has 0 aliphatic carbocycles. The molecule has 96 valence electrons. The minimum Gasteiger partial charge on any atom is -0.396 e. The molecule has 0 unspecified atom stereocenters. The fourth-order valence-corrected chi connectivity index (χ4v) is 1.50. The molecule has 3 N–H and O–H groups in total. The van der Waals surface area contributed by atoms with E-state index in [2.05, 4.69) is 17.2 Å². The molecule has 0 aliphatic rings. The van der Waals surface area contributed by atoms with Crippen LogP contribution in [0, 0.1) is 0 Å². The number of rotatable bonds is 8. The van der Waals surface area contributed by atoms with Crippen molar-refractivity contribution in [2.75, 3.05) is 30.8 Å². The monoisotopic (exact) mass is 257 g/mol. The maximum atomic E-state index is 5.76. The molecule has 0 fully saturated rings. The highest BCUT2D eigenvalue weighted by Gasteiger charge is 2.00. The number of unbranched alkanes of at least 4 members (excludes halogenated alkanes) is 1. The lowest BCUT2D eigenvalue weighted by atomic mass is 10.3. The lowest BCUT2D eigenvalue weighted by molar-refractivity contribution is 0.131. The molecule has 0 amide bonds. The molecular formula is C12H20ClN3O. The average molecular weight is 258 g/mol. The van der Waals surface area contributed by atoms with Gasteiger partial charge in [-0.3, -0.25) is 0 Å². The van der Waals surface area contributed by atoms with E-state index >= 15 is 0 Å². The molecule has 1 aromatic rings. The van der Waals surface area contributed by atoms with Crippen molar-refractivity contribution in [3.8, 4) is 0 Å². The van der Waals surface area contributed by atoms with Crippen LogP contribution in [0.1, 0.15) is 26.2 Å². The van der Waals surface area contributed by atoms with Crippen molar-refractivity contribution in [1.29, 1.82) is 0 Å². The first-order valence-electron chi connectivity index (χ1n) is 5.96. The Balaban J connectivity index is 2.14. The Hall–Kier alpha value is -1.00. The molecule has 4 nitrogen and oxygen atoms in total. The van der Waals surface area contributed by atoms with E-state index in [-0.39, 0.29) is 0 Å². The molecule has 0 atom stereocenters. The van der Waals surface area contributed by atoms with E-state index in [1.54, 1.807) is 12.3 Å². The van der Waals surface area contributed by atoms with Gasteiger partial charge in [-0.1, -0.05) is 24.9 Å². The van der Waals surface area contributed by atoms with Crippen LogP contribution in [-0.4, -0.2) is 24.7 Å². The number of hydrogen-bond donors (Lipinski definition) is 2. The Labute approximate surface area is 108 Å². The zero-order valence-corrected chi connectivity index (χ0v) is 11.0. The maximum absolute atomic E-state index is 5.76. The van der Waals surface area contributed by atoms with Crippen molar-refractivity contribution in [2.24, 2.45) is 0 Å². The van der Waals surface area contributed by atoms with Gasteiger partial charge in [0.05, 0.1) is 10.7 Å². The standard InChI is InChI=1S/C12H20ClN3O/c1-2-3-6-17-7-4-5-15-12-11(14)8-10(13)9-16-12/h8-9H,2-7,14H2,1H3,(H,15,16). The predicted molar refractivity (Wildman–Crippen MR) is 72.5 cm³/mol. The number of nitrogens with zero attached hydrogens (tertiary/aromatic N) is 1. The van der Waals surface area contributed by atoms with E-state index in [9.17, 15) is 0 Å². The molecule has 17 heavy (non-hydrogen) atoms. The molecule has 0 bridgehead atoms.